The zero-order chi connectivity index (χ0) is 20.3. The molecule has 0 bridgehead atoms. The molecule has 1 aromatic carbocycles. The van der Waals surface area contributed by atoms with E-state index in [9.17, 15) is 45.4 Å². The van der Waals surface area contributed by atoms with Crippen LogP contribution >= 0.6 is 0 Å². The van der Waals surface area contributed by atoms with Crippen LogP contribution in [0.25, 0.3) is 0 Å². The van der Waals surface area contributed by atoms with E-state index in [1.165, 1.54) is 18.2 Å². The van der Waals surface area contributed by atoms with Crippen LogP contribution in [0.2, 0.25) is 0 Å². The van der Waals surface area contributed by atoms with Crippen LogP contribution in [-0.2, 0) is 4.79 Å². The lowest BCUT2D eigenvalue weighted by Gasteiger charge is -2.26. The maximum Gasteiger partial charge on any atom is 0.460 e. The van der Waals surface area contributed by atoms with E-state index >= 15 is 0 Å². The van der Waals surface area contributed by atoms with Crippen molar-refractivity contribution in [3.8, 4) is 5.75 Å². The van der Waals surface area contributed by atoms with Gasteiger partial charge in [-0.2, -0.15) is 30.7 Å². The number of hydrazine groups is 1. The lowest BCUT2D eigenvalue weighted by atomic mass is 10.1. The Balaban J connectivity index is 2.85. The fourth-order valence-electron chi connectivity index (χ4n) is 1.54. The normalized spacial score (nSPS) is 13.3. The van der Waals surface area contributed by atoms with Crippen LogP contribution in [0.3, 0.4) is 0 Å². The predicted molar refractivity (Wildman–Crippen MR) is 73.4 cm³/mol. The second-order valence-corrected chi connectivity index (χ2v) is 4.93. The SMILES string of the molecule is CC(=CC(=O)C(F)(F)C(F)(F)C(F)(F)F)NNC(=O)c1ccccc1O. The van der Waals surface area contributed by atoms with Gasteiger partial charge in [-0.25, -0.2) is 0 Å². The number of carbonyl (C=O) groups is 2. The van der Waals surface area contributed by atoms with E-state index in [1.807, 2.05) is 10.9 Å². The number of ketones is 1. The summed E-state index contributed by atoms with van der Waals surface area (Å²) in [6.07, 6.45) is -6.86. The molecular formula is C14H11F7N2O3. The van der Waals surface area contributed by atoms with Gasteiger partial charge < -0.3 is 10.5 Å². The van der Waals surface area contributed by atoms with E-state index in [4.69, 9.17) is 0 Å². The topological polar surface area (TPSA) is 78.4 Å². The fraction of sp³-hybridized carbons (Fsp3) is 0.286. The van der Waals surface area contributed by atoms with Crippen molar-refractivity contribution in [1.29, 1.82) is 0 Å². The van der Waals surface area contributed by atoms with Gasteiger partial charge in [0.2, 0.25) is 5.78 Å². The molecule has 1 rings (SSSR count). The summed E-state index contributed by atoms with van der Waals surface area (Å²) >= 11 is 0. The molecule has 0 aliphatic carbocycles. The minimum atomic E-state index is -6.64. The molecule has 144 valence electrons. The lowest BCUT2D eigenvalue weighted by Crippen LogP contribution is -2.55. The fourth-order valence-corrected chi connectivity index (χ4v) is 1.54. The molecule has 0 fully saturated rings. The molecule has 12 heteroatoms. The summed E-state index contributed by atoms with van der Waals surface area (Å²) in [5.74, 6) is -16.9. The van der Waals surface area contributed by atoms with Gasteiger partial charge in [0.15, 0.2) is 0 Å². The Kier molecular flexibility index (Phi) is 5.90. The first-order chi connectivity index (χ1) is 11.7. The van der Waals surface area contributed by atoms with E-state index in [2.05, 4.69) is 0 Å². The maximum atomic E-state index is 13.2. The quantitative estimate of drug-likeness (QED) is 0.398. The number of hydrogen-bond donors (Lipinski definition) is 3. The van der Waals surface area contributed by atoms with Gasteiger partial charge in [-0.1, -0.05) is 12.1 Å². The van der Waals surface area contributed by atoms with Gasteiger partial charge in [0.25, 0.3) is 5.91 Å². The average molecular weight is 388 g/mol. The van der Waals surface area contributed by atoms with E-state index in [1.54, 1.807) is 0 Å². The number of rotatable bonds is 6. The van der Waals surface area contributed by atoms with Crippen molar-refractivity contribution in [3.05, 3.63) is 41.6 Å². The Morgan fingerprint density at radius 3 is 2.04 bits per heavy atom. The third-order valence-electron chi connectivity index (χ3n) is 2.93. The van der Waals surface area contributed by atoms with Crippen molar-refractivity contribution in [2.24, 2.45) is 0 Å². The molecule has 0 saturated heterocycles. The van der Waals surface area contributed by atoms with Crippen LogP contribution in [0, 0.1) is 0 Å². The highest BCUT2D eigenvalue weighted by Gasteiger charge is 2.75. The van der Waals surface area contributed by atoms with E-state index < -0.39 is 41.2 Å². The summed E-state index contributed by atoms with van der Waals surface area (Å²) in [7, 11) is 0. The number of benzene rings is 1. The molecule has 0 heterocycles. The van der Waals surface area contributed by atoms with Gasteiger partial charge >= 0.3 is 18.0 Å². The van der Waals surface area contributed by atoms with Crippen LogP contribution in [-0.4, -0.2) is 34.8 Å². The van der Waals surface area contributed by atoms with Crippen molar-refractivity contribution in [2.75, 3.05) is 0 Å². The highest BCUT2D eigenvalue weighted by molar-refractivity contribution is 5.98. The second kappa shape index (κ2) is 7.22. The molecule has 0 aliphatic heterocycles. The second-order valence-electron chi connectivity index (χ2n) is 4.93. The van der Waals surface area contributed by atoms with Crippen LogP contribution in [0.5, 0.6) is 5.75 Å². The smallest absolute Gasteiger partial charge is 0.460 e. The largest absolute Gasteiger partial charge is 0.507 e. The van der Waals surface area contributed by atoms with Gasteiger partial charge in [-0.15, -0.1) is 0 Å². The number of phenols is 1. The average Bonchev–Trinajstić information content (AvgIpc) is 2.51. The molecular weight excluding hydrogens is 377 g/mol. The Morgan fingerprint density at radius 2 is 1.54 bits per heavy atom. The zero-order valence-electron chi connectivity index (χ0n) is 12.8. The molecule has 0 spiro atoms. The molecule has 3 N–H and O–H groups in total. The molecule has 0 saturated carbocycles. The Morgan fingerprint density at radius 1 is 1.00 bits per heavy atom. The van der Waals surface area contributed by atoms with Gasteiger partial charge in [-0.3, -0.25) is 15.0 Å². The number of hydrogen-bond acceptors (Lipinski definition) is 4. The summed E-state index contributed by atoms with van der Waals surface area (Å²) < 4.78 is 87.8. The molecule has 1 aromatic rings. The number of phenolic OH excluding ortho intramolecular Hbond substituents is 1. The lowest BCUT2D eigenvalue weighted by molar-refractivity contribution is -0.342. The molecule has 0 atom stereocenters. The monoisotopic (exact) mass is 388 g/mol. The van der Waals surface area contributed by atoms with Gasteiger partial charge in [0.1, 0.15) is 5.75 Å². The molecule has 0 radical (unpaired) electrons. The molecule has 5 nitrogen and oxygen atoms in total. The zero-order valence-corrected chi connectivity index (χ0v) is 12.8. The summed E-state index contributed by atoms with van der Waals surface area (Å²) in [4.78, 5) is 22.8. The van der Waals surface area contributed by atoms with Crippen molar-refractivity contribution >= 4 is 11.7 Å². The molecule has 0 aromatic heterocycles. The highest BCUT2D eigenvalue weighted by atomic mass is 19.4. The predicted octanol–water partition coefficient (Wildman–Crippen LogP) is 2.93. The molecule has 26 heavy (non-hydrogen) atoms. The minimum absolute atomic E-state index is 0.217. The number of allylic oxidation sites excluding steroid dienone is 2. The van der Waals surface area contributed by atoms with Crippen molar-refractivity contribution in [2.45, 2.75) is 24.9 Å². The number of para-hydroxylation sites is 1. The Hall–Kier alpha value is -2.79. The number of aromatic hydroxyl groups is 1. The van der Waals surface area contributed by atoms with E-state index in [-0.39, 0.29) is 11.6 Å². The number of alkyl halides is 7. The standard InChI is InChI=1S/C14H11F7N2O3/c1-7(22-23-11(26)8-4-2-3-5-9(8)24)6-10(25)12(15,16)13(17,18)14(19,20)21/h2-6,22,24H,1H3,(H,23,26). The van der Waals surface area contributed by atoms with Crippen molar-refractivity contribution in [3.63, 3.8) is 0 Å². The van der Waals surface area contributed by atoms with Crippen molar-refractivity contribution < 1.29 is 45.4 Å². The number of nitrogens with one attached hydrogen (secondary N) is 2. The number of amides is 1. The van der Waals surface area contributed by atoms with E-state index in [0.29, 0.717) is 0 Å². The van der Waals surface area contributed by atoms with Gasteiger partial charge in [-0.05, 0) is 19.1 Å². The summed E-state index contributed by atoms with van der Waals surface area (Å²) in [6, 6.07) is 5.10. The van der Waals surface area contributed by atoms with Crippen LogP contribution in [0.15, 0.2) is 36.0 Å². The first kappa shape index (κ1) is 21.3. The first-order valence-corrected chi connectivity index (χ1v) is 6.61. The maximum absolute atomic E-state index is 13.2. The Labute approximate surface area is 141 Å². The minimum Gasteiger partial charge on any atom is -0.507 e. The molecule has 1 amide bonds. The van der Waals surface area contributed by atoms with Crippen LogP contribution in [0.1, 0.15) is 17.3 Å². The number of carbonyl (C=O) groups excluding carboxylic acids is 2. The van der Waals surface area contributed by atoms with E-state index in [0.717, 1.165) is 13.0 Å². The number of halogens is 7. The van der Waals surface area contributed by atoms with Crippen molar-refractivity contribution in [1.82, 2.24) is 10.9 Å². The summed E-state index contributed by atoms with van der Waals surface area (Å²) in [6.45, 7) is 0.852. The van der Waals surface area contributed by atoms with Crippen LogP contribution < -0.4 is 10.9 Å². The third-order valence-corrected chi connectivity index (χ3v) is 2.93. The van der Waals surface area contributed by atoms with Gasteiger partial charge in [0, 0.05) is 11.8 Å². The third kappa shape index (κ3) is 4.24. The van der Waals surface area contributed by atoms with Gasteiger partial charge in [0.05, 0.1) is 5.56 Å². The summed E-state index contributed by atoms with van der Waals surface area (Å²) in [5.41, 5.74) is 2.80. The molecule has 0 unspecified atom stereocenters. The highest BCUT2D eigenvalue weighted by Crippen LogP contribution is 2.47. The Bertz CT molecular complexity index is 729. The summed E-state index contributed by atoms with van der Waals surface area (Å²) in [5, 5.41) is 9.42. The first-order valence-electron chi connectivity index (χ1n) is 6.61. The van der Waals surface area contributed by atoms with Crippen LogP contribution in [0.4, 0.5) is 30.7 Å². The molecule has 0 aliphatic rings.